The van der Waals surface area contributed by atoms with Crippen molar-refractivity contribution < 1.29 is 0 Å². The van der Waals surface area contributed by atoms with Crippen molar-refractivity contribution in [3.8, 4) is 0 Å². The molecule has 2 rings (SSSR count). The van der Waals surface area contributed by atoms with Gasteiger partial charge in [0, 0.05) is 20.8 Å². The molecule has 20 heavy (non-hydrogen) atoms. The number of hydrogen-bond donors (Lipinski definition) is 1. The first kappa shape index (κ1) is 15.6. The first-order valence-electron chi connectivity index (χ1n) is 6.84. The third-order valence-corrected chi connectivity index (χ3v) is 5.27. The molecular weight excluding hydrogens is 330 g/mol. The predicted octanol–water partition coefficient (Wildman–Crippen LogP) is 5.33. The fourth-order valence-corrected chi connectivity index (χ4v) is 3.50. The highest BCUT2D eigenvalue weighted by molar-refractivity contribution is 9.10. The van der Waals surface area contributed by atoms with Crippen LogP contribution >= 0.6 is 27.7 Å². The van der Waals surface area contributed by atoms with Gasteiger partial charge in [-0.2, -0.15) is 0 Å². The summed E-state index contributed by atoms with van der Waals surface area (Å²) in [5.74, 6) is 0. The van der Waals surface area contributed by atoms with Gasteiger partial charge in [0.15, 0.2) is 0 Å². The summed E-state index contributed by atoms with van der Waals surface area (Å²) in [4.78, 5) is 2.54. The Bertz CT molecular complexity index is 596. The molecule has 1 N–H and O–H groups in total. The van der Waals surface area contributed by atoms with Gasteiger partial charge >= 0.3 is 0 Å². The molecule has 0 saturated heterocycles. The van der Waals surface area contributed by atoms with Crippen LogP contribution in [0.1, 0.15) is 23.6 Å². The summed E-state index contributed by atoms with van der Waals surface area (Å²) in [6, 6.07) is 13.2. The van der Waals surface area contributed by atoms with Crippen molar-refractivity contribution in [2.24, 2.45) is 0 Å². The predicted molar refractivity (Wildman–Crippen MR) is 91.6 cm³/mol. The maximum Gasteiger partial charge on any atom is 0.0318 e. The van der Waals surface area contributed by atoms with Gasteiger partial charge < -0.3 is 5.32 Å². The van der Waals surface area contributed by atoms with Crippen LogP contribution in [0.25, 0.3) is 0 Å². The molecule has 0 bridgehead atoms. The fourth-order valence-electron chi connectivity index (χ4n) is 1.91. The summed E-state index contributed by atoms with van der Waals surface area (Å²) in [5, 5.41) is 3.35. The minimum absolute atomic E-state index is 0.920. The summed E-state index contributed by atoms with van der Waals surface area (Å²) >= 11 is 5.48. The lowest BCUT2D eigenvalue weighted by Crippen LogP contribution is -2.11. The maximum absolute atomic E-state index is 3.68. The minimum Gasteiger partial charge on any atom is -0.313 e. The molecule has 1 nitrogen and oxygen atoms in total. The van der Waals surface area contributed by atoms with Crippen molar-refractivity contribution in [1.82, 2.24) is 5.32 Å². The molecule has 0 aromatic heterocycles. The van der Waals surface area contributed by atoms with Gasteiger partial charge in [-0.3, -0.25) is 0 Å². The van der Waals surface area contributed by atoms with E-state index < -0.39 is 0 Å². The van der Waals surface area contributed by atoms with Gasteiger partial charge in [0.25, 0.3) is 0 Å². The molecular formula is C17H20BrNS. The average molecular weight is 350 g/mol. The van der Waals surface area contributed by atoms with E-state index in [9.17, 15) is 0 Å². The molecule has 106 valence electrons. The van der Waals surface area contributed by atoms with E-state index in [0.29, 0.717) is 0 Å². The Balaban J connectivity index is 2.14. The van der Waals surface area contributed by atoms with Crippen LogP contribution in [0.15, 0.2) is 50.7 Å². The highest BCUT2D eigenvalue weighted by Crippen LogP contribution is 2.34. The molecule has 0 spiro atoms. The van der Waals surface area contributed by atoms with Crippen molar-refractivity contribution in [2.75, 3.05) is 6.54 Å². The number of hydrogen-bond acceptors (Lipinski definition) is 2. The standard InChI is InChI=1S/C17H20BrNS/c1-4-19-11-14-6-8-17(16(18)10-14)20-15-7-5-12(2)13(3)9-15/h5-10,19H,4,11H2,1-3H3. The molecule has 2 aromatic carbocycles. The molecule has 0 saturated carbocycles. The second-order valence-corrected chi connectivity index (χ2v) is 6.86. The van der Waals surface area contributed by atoms with Gasteiger partial charge in [0.1, 0.15) is 0 Å². The summed E-state index contributed by atoms with van der Waals surface area (Å²) in [6.45, 7) is 8.35. The number of rotatable bonds is 5. The van der Waals surface area contributed by atoms with Crippen LogP contribution in [0.2, 0.25) is 0 Å². The quantitative estimate of drug-likeness (QED) is 0.783. The lowest BCUT2D eigenvalue weighted by atomic mass is 10.1. The Morgan fingerprint density at radius 3 is 2.50 bits per heavy atom. The normalized spacial score (nSPS) is 10.8. The molecule has 0 aliphatic carbocycles. The van der Waals surface area contributed by atoms with Crippen LogP contribution in [0.5, 0.6) is 0 Å². The number of aryl methyl sites for hydroxylation is 2. The zero-order valence-electron chi connectivity index (χ0n) is 12.2. The molecule has 0 aliphatic heterocycles. The molecule has 0 unspecified atom stereocenters. The lowest BCUT2D eigenvalue weighted by molar-refractivity contribution is 0.726. The van der Waals surface area contributed by atoms with E-state index in [4.69, 9.17) is 0 Å². The minimum atomic E-state index is 0.920. The first-order valence-corrected chi connectivity index (χ1v) is 8.45. The van der Waals surface area contributed by atoms with Crippen LogP contribution in [0.4, 0.5) is 0 Å². The largest absolute Gasteiger partial charge is 0.313 e. The van der Waals surface area contributed by atoms with Crippen LogP contribution in [0, 0.1) is 13.8 Å². The Hall–Kier alpha value is -0.770. The summed E-state index contributed by atoms with van der Waals surface area (Å²) in [7, 11) is 0. The fraction of sp³-hybridized carbons (Fsp3) is 0.294. The highest BCUT2D eigenvalue weighted by atomic mass is 79.9. The molecule has 0 fully saturated rings. The lowest BCUT2D eigenvalue weighted by Gasteiger charge is -2.09. The molecule has 0 heterocycles. The van der Waals surface area contributed by atoms with Crippen LogP contribution in [-0.4, -0.2) is 6.54 Å². The Morgan fingerprint density at radius 1 is 1.05 bits per heavy atom. The van der Waals surface area contributed by atoms with Gasteiger partial charge in [-0.1, -0.05) is 30.8 Å². The van der Waals surface area contributed by atoms with Crippen molar-refractivity contribution in [3.63, 3.8) is 0 Å². The van der Waals surface area contributed by atoms with E-state index in [1.54, 1.807) is 11.8 Å². The van der Waals surface area contributed by atoms with Gasteiger partial charge in [-0.15, -0.1) is 0 Å². The molecule has 3 heteroatoms. The SMILES string of the molecule is CCNCc1ccc(Sc2ccc(C)c(C)c2)c(Br)c1. The summed E-state index contributed by atoms with van der Waals surface area (Å²) in [6.07, 6.45) is 0. The van der Waals surface area contributed by atoms with E-state index in [-0.39, 0.29) is 0 Å². The zero-order chi connectivity index (χ0) is 14.5. The molecule has 0 amide bonds. The Kier molecular flexibility index (Phi) is 5.70. The molecule has 0 radical (unpaired) electrons. The van der Waals surface area contributed by atoms with Crippen molar-refractivity contribution >= 4 is 27.7 Å². The zero-order valence-corrected chi connectivity index (χ0v) is 14.6. The third kappa shape index (κ3) is 4.11. The van der Waals surface area contributed by atoms with Gasteiger partial charge in [0.05, 0.1) is 0 Å². The smallest absolute Gasteiger partial charge is 0.0318 e. The molecule has 0 aliphatic rings. The van der Waals surface area contributed by atoms with E-state index in [2.05, 4.69) is 78.4 Å². The molecule has 0 atom stereocenters. The maximum atomic E-state index is 3.68. The molecule has 2 aromatic rings. The monoisotopic (exact) mass is 349 g/mol. The van der Waals surface area contributed by atoms with E-state index in [1.807, 2.05) is 0 Å². The van der Waals surface area contributed by atoms with Crippen LogP contribution in [0.3, 0.4) is 0 Å². The van der Waals surface area contributed by atoms with Gasteiger partial charge in [-0.25, -0.2) is 0 Å². The number of halogens is 1. The second-order valence-electron chi connectivity index (χ2n) is 4.89. The van der Waals surface area contributed by atoms with Gasteiger partial charge in [-0.05, 0) is 77.3 Å². The average Bonchev–Trinajstić information content (AvgIpc) is 2.43. The van der Waals surface area contributed by atoms with Crippen molar-refractivity contribution in [1.29, 1.82) is 0 Å². The summed E-state index contributed by atoms with van der Waals surface area (Å²) < 4.78 is 1.16. The third-order valence-electron chi connectivity index (χ3n) is 3.28. The van der Waals surface area contributed by atoms with Gasteiger partial charge in [0.2, 0.25) is 0 Å². The topological polar surface area (TPSA) is 12.0 Å². The highest BCUT2D eigenvalue weighted by Gasteiger charge is 2.05. The first-order chi connectivity index (χ1) is 9.60. The second kappa shape index (κ2) is 7.30. The Morgan fingerprint density at radius 2 is 1.85 bits per heavy atom. The summed E-state index contributed by atoms with van der Waals surface area (Å²) in [5.41, 5.74) is 3.99. The van der Waals surface area contributed by atoms with Crippen LogP contribution in [-0.2, 0) is 6.54 Å². The van der Waals surface area contributed by atoms with E-state index in [0.717, 1.165) is 17.6 Å². The Labute approximate surface area is 134 Å². The van der Waals surface area contributed by atoms with E-state index >= 15 is 0 Å². The van der Waals surface area contributed by atoms with E-state index in [1.165, 1.54) is 26.5 Å². The van der Waals surface area contributed by atoms with Crippen molar-refractivity contribution in [2.45, 2.75) is 37.1 Å². The number of nitrogens with one attached hydrogen (secondary N) is 1. The number of benzene rings is 2. The van der Waals surface area contributed by atoms with Crippen LogP contribution < -0.4 is 5.32 Å². The van der Waals surface area contributed by atoms with Crippen molar-refractivity contribution in [3.05, 3.63) is 57.6 Å².